The van der Waals surface area contributed by atoms with Crippen LogP contribution in [0, 0.1) is 17.7 Å². The molecule has 0 unspecified atom stereocenters. The Hall–Kier alpha value is -2.02. The second kappa shape index (κ2) is 5.66. The molecule has 1 aromatic carbocycles. The predicted molar refractivity (Wildman–Crippen MR) is 53.2 cm³/mol. The second-order valence-corrected chi connectivity index (χ2v) is 2.66. The van der Waals surface area contributed by atoms with Crippen LogP contribution >= 0.6 is 0 Å². The summed E-state index contributed by atoms with van der Waals surface area (Å²) < 4.78 is 12.9. The van der Waals surface area contributed by atoms with Crippen molar-refractivity contribution in [1.29, 1.82) is 0 Å². The molecular weight excluding hydrogens is 197 g/mol. The zero-order chi connectivity index (χ0) is 11.1. The maximum absolute atomic E-state index is 12.9. The molecule has 0 aliphatic rings. The monoisotopic (exact) mass is 205 g/mol. The molecule has 5 heteroatoms. The fourth-order valence-electron chi connectivity index (χ4n) is 0.982. The summed E-state index contributed by atoms with van der Waals surface area (Å²) in [7, 11) is 0. The van der Waals surface area contributed by atoms with Crippen molar-refractivity contribution in [3.05, 3.63) is 45.6 Å². The third kappa shape index (κ3) is 3.31. The molecular formula is C10H8FN3O. The van der Waals surface area contributed by atoms with Gasteiger partial charge in [0.1, 0.15) is 5.82 Å². The van der Waals surface area contributed by atoms with Crippen LogP contribution in [0.4, 0.5) is 4.39 Å². The highest BCUT2D eigenvalue weighted by Crippen LogP contribution is 2.09. The van der Waals surface area contributed by atoms with Crippen LogP contribution in [0.2, 0.25) is 0 Å². The number of nitrogens with zero attached hydrogens (tertiary/aromatic N) is 3. The van der Waals surface area contributed by atoms with Gasteiger partial charge in [0.25, 0.3) is 0 Å². The van der Waals surface area contributed by atoms with Gasteiger partial charge in [-0.15, -0.1) is 0 Å². The highest BCUT2D eigenvalue weighted by Gasteiger charge is 2.00. The van der Waals surface area contributed by atoms with Crippen molar-refractivity contribution in [2.75, 3.05) is 6.54 Å². The molecule has 0 fully saturated rings. The van der Waals surface area contributed by atoms with Crippen LogP contribution < -0.4 is 0 Å². The first kappa shape index (κ1) is 11.1. The van der Waals surface area contributed by atoms with E-state index < -0.39 is 5.82 Å². The lowest BCUT2D eigenvalue weighted by atomic mass is 10.1. The van der Waals surface area contributed by atoms with Crippen molar-refractivity contribution in [2.24, 2.45) is 5.11 Å². The molecule has 1 N–H and O–H groups in total. The van der Waals surface area contributed by atoms with E-state index in [1.54, 1.807) is 0 Å². The van der Waals surface area contributed by atoms with E-state index in [-0.39, 0.29) is 18.7 Å². The maximum Gasteiger partial charge on any atom is 0.128 e. The third-order valence-electron chi connectivity index (χ3n) is 1.66. The average molecular weight is 205 g/mol. The largest absolute Gasteiger partial charge is 0.392 e. The summed E-state index contributed by atoms with van der Waals surface area (Å²) in [5, 5.41) is 12.0. The second-order valence-electron chi connectivity index (χ2n) is 2.66. The smallest absolute Gasteiger partial charge is 0.128 e. The predicted octanol–water partition coefficient (Wildman–Crippen LogP) is 1.98. The first-order valence-electron chi connectivity index (χ1n) is 4.17. The van der Waals surface area contributed by atoms with Gasteiger partial charge in [-0.05, 0) is 23.7 Å². The van der Waals surface area contributed by atoms with Gasteiger partial charge in [0.15, 0.2) is 0 Å². The van der Waals surface area contributed by atoms with Crippen molar-refractivity contribution < 1.29 is 9.50 Å². The van der Waals surface area contributed by atoms with E-state index in [2.05, 4.69) is 21.9 Å². The Morgan fingerprint density at radius 2 is 2.33 bits per heavy atom. The molecule has 15 heavy (non-hydrogen) atoms. The maximum atomic E-state index is 12.9. The Morgan fingerprint density at radius 3 is 3.00 bits per heavy atom. The molecule has 0 spiro atoms. The van der Waals surface area contributed by atoms with Gasteiger partial charge in [-0.1, -0.05) is 17.0 Å². The zero-order valence-electron chi connectivity index (χ0n) is 7.81. The summed E-state index contributed by atoms with van der Waals surface area (Å²) in [5.74, 6) is 4.83. The van der Waals surface area contributed by atoms with Crippen LogP contribution in [0.5, 0.6) is 0 Å². The Kier molecular flexibility index (Phi) is 4.17. The topological polar surface area (TPSA) is 69.0 Å². The molecule has 0 radical (unpaired) electrons. The van der Waals surface area contributed by atoms with Crippen LogP contribution in [-0.4, -0.2) is 11.7 Å². The highest BCUT2D eigenvalue weighted by atomic mass is 19.1. The molecule has 0 saturated carbocycles. The van der Waals surface area contributed by atoms with Crippen molar-refractivity contribution in [1.82, 2.24) is 0 Å². The van der Waals surface area contributed by atoms with E-state index in [0.29, 0.717) is 5.56 Å². The number of aliphatic hydroxyl groups excluding tert-OH is 1. The van der Waals surface area contributed by atoms with Crippen molar-refractivity contribution in [3.8, 4) is 11.8 Å². The normalized spacial score (nSPS) is 8.67. The first-order chi connectivity index (χ1) is 7.27. The van der Waals surface area contributed by atoms with E-state index in [9.17, 15) is 4.39 Å². The van der Waals surface area contributed by atoms with Crippen molar-refractivity contribution in [3.63, 3.8) is 0 Å². The minimum Gasteiger partial charge on any atom is -0.392 e. The molecule has 0 aromatic heterocycles. The summed E-state index contributed by atoms with van der Waals surface area (Å²) in [6.07, 6.45) is 0. The zero-order valence-corrected chi connectivity index (χ0v) is 7.81. The lowest BCUT2D eigenvalue weighted by Gasteiger charge is -1.98. The van der Waals surface area contributed by atoms with Gasteiger partial charge in [0, 0.05) is 16.0 Å². The lowest BCUT2D eigenvalue weighted by Crippen LogP contribution is -1.90. The van der Waals surface area contributed by atoms with E-state index in [1.807, 2.05) is 0 Å². The summed E-state index contributed by atoms with van der Waals surface area (Å²) in [5.41, 5.74) is 8.77. The Morgan fingerprint density at radius 1 is 1.53 bits per heavy atom. The van der Waals surface area contributed by atoms with Gasteiger partial charge in [0.2, 0.25) is 0 Å². The first-order valence-corrected chi connectivity index (χ1v) is 4.17. The van der Waals surface area contributed by atoms with E-state index in [4.69, 9.17) is 10.6 Å². The standard InChI is InChI=1S/C10H8FN3O/c11-10-4-3-8(6-9(10)7-15)2-1-5-13-14-12/h3-4,6,15H,5,7H2. The van der Waals surface area contributed by atoms with Crippen molar-refractivity contribution in [2.45, 2.75) is 6.61 Å². The van der Waals surface area contributed by atoms with Crippen LogP contribution in [0.3, 0.4) is 0 Å². The van der Waals surface area contributed by atoms with Gasteiger partial charge < -0.3 is 5.11 Å². The molecule has 76 valence electrons. The average Bonchev–Trinajstić information content (AvgIpc) is 2.26. The molecule has 4 nitrogen and oxygen atoms in total. The molecule has 0 bridgehead atoms. The SMILES string of the molecule is [N-]=[N+]=NCC#Cc1ccc(F)c(CO)c1. The van der Waals surface area contributed by atoms with Gasteiger partial charge in [-0.25, -0.2) is 4.39 Å². The fourth-order valence-corrected chi connectivity index (χ4v) is 0.982. The minimum absolute atomic E-state index is 0.0718. The summed E-state index contributed by atoms with van der Waals surface area (Å²) in [6.45, 7) is -0.292. The van der Waals surface area contributed by atoms with Crippen LogP contribution in [-0.2, 0) is 6.61 Å². The molecule has 0 atom stereocenters. The highest BCUT2D eigenvalue weighted by molar-refractivity contribution is 5.37. The molecule has 0 heterocycles. The minimum atomic E-state index is -0.460. The summed E-state index contributed by atoms with van der Waals surface area (Å²) in [4.78, 5) is 2.54. The molecule has 0 amide bonds. The van der Waals surface area contributed by atoms with E-state index >= 15 is 0 Å². The fraction of sp³-hybridized carbons (Fsp3) is 0.200. The third-order valence-corrected chi connectivity index (χ3v) is 1.66. The van der Waals surface area contributed by atoms with Gasteiger partial charge >= 0.3 is 0 Å². The molecule has 1 rings (SSSR count). The van der Waals surface area contributed by atoms with Crippen molar-refractivity contribution >= 4 is 0 Å². The molecule has 0 saturated heterocycles. The number of hydrogen-bond donors (Lipinski definition) is 1. The number of benzene rings is 1. The molecule has 0 aliphatic heterocycles. The van der Waals surface area contributed by atoms with Crippen LogP contribution in [0.1, 0.15) is 11.1 Å². The van der Waals surface area contributed by atoms with Gasteiger partial charge in [0.05, 0.1) is 13.2 Å². The number of halogens is 1. The van der Waals surface area contributed by atoms with E-state index in [0.717, 1.165) is 0 Å². The Balaban J connectivity index is 2.85. The Labute approximate surface area is 86.0 Å². The number of aliphatic hydroxyl groups is 1. The summed E-state index contributed by atoms with van der Waals surface area (Å²) >= 11 is 0. The molecule has 1 aromatic rings. The van der Waals surface area contributed by atoms with Crippen LogP contribution in [0.25, 0.3) is 10.4 Å². The van der Waals surface area contributed by atoms with Gasteiger partial charge in [-0.2, -0.15) is 0 Å². The lowest BCUT2D eigenvalue weighted by molar-refractivity contribution is 0.275. The van der Waals surface area contributed by atoms with Gasteiger partial charge in [-0.3, -0.25) is 0 Å². The molecule has 0 aliphatic carbocycles. The quantitative estimate of drug-likeness (QED) is 0.341. The number of rotatable bonds is 2. The number of azide groups is 1. The summed E-state index contributed by atoms with van der Waals surface area (Å²) in [6, 6.07) is 4.19. The van der Waals surface area contributed by atoms with Crippen LogP contribution in [0.15, 0.2) is 23.3 Å². The Bertz CT molecular complexity index is 455. The van der Waals surface area contributed by atoms with E-state index in [1.165, 1.54) is 18.2 Å². The number of hydrogen-bond acceptors (Lipinski definition) is 2.